The van der Waals surface area contributed by atoms with E-state index in [4.69, 9.17) is 9.47 Å². The van der Waals surface area contributed by atoms with Crippen LogP contribution in [0.15, 0.2) is 36.4 Å². The highest BCUT2D eigenvalue weighted by atomic mass is 16.5. The molecule has 21 heavy (non-hydrogen) atoms. The van der Waals surface area contributed by atoms with Crippen LogP contribution in [0.4, 0.5) is 0 Å². The average Bonchev–Trinajstić information content (AvgIpc) is 2.47. The van der Waals surface area contributed by atoms with E-state index in [0.29, 0.717) is 22.9 Å². The second kappa shape index (κ2) is 6.85. The number of nitrogens with one attached hydrogen (secondary N) is 1. The van der Waals surface area contributed by atoms with Crippen molar-refractivity contribution in [2.24, 2.45) is 0 Å². The van der Waals surface area contributed by atoms with E-state index in [1.165, 1.54) is 7.11 Å². The summed E-state index contributed by atoms with van der Waals surface area (Å²) in [7, 11) is 3.24. The van der Waals surface area contributed by atoms with E-state index in [1.807, 2.05) is 31.3 Å². The summed E-state index contributed by atoms with van der Waals surface area (Å²) in [5.41, 5.74) is 2.14. The first-order valence-corrected chi connectivity index (χ1v) is 6.61. The first-order valence-electron chi connectivity index (χ1n) is 6.61. The third-order valence-electron chi connectivity index (χ3n) is 2.97. The topological polar surface area (TPSA) is 60.5 Å². The Morgan fingerprint density at radius 2 is 2.10 bits per heavy atom. The molecule has 0 radical (unpaired) electrons. The fraction of sp³-hybridized carbons (Fsp3) is 0.250. The number of esters is 1. The maximum absolute atomic E-state index is 11.5. The van der Waals surface area contributed by atoms with Crippen molar-refractivity contribution >= 4 is 5.97 Å². The van der Waals surface area contributed by atoms with E-state index < -0.39 is 5.97 Å². The molecule has 0 atom stereocenters. The number of pyridine rings is 1. The molecule has 1 N–H and O–H groups in total. The summed E-state index contributed by atoms with van der Waals surface area (Å²) in [5.74, 6) is 0.754. The van der Waals surface area contributed by atoms with Crippen molar-refractivity contribution < 1.29 is 14.3 Å². The summed E-state index contributed by atoms with van der Waals surface area (Å²) < 4.78 is 10.4. The van der Waals surface area contributed by atoms with Crippen molar-refractivity contribution in [3.05, 3.63) is 53.2 Å². The minimum absolute atomic E-state index is 0.400. The van der Waals surface area contributed by atoms with Crippen LogP contribution >= 0.6 is 0 Å². The zero-order valence-electron chi connectivity index (χ0n) is 12.3. The van der Waals surface area contributed by atoms with E-state index in [1.54, 1.807) is 19.1 Å². The highest BCUT2D eigenvalue weighted by Crippen LogP contribution is 2.22. The van der Waals surface area contributed by atoms with Crippen molar-refractivity contribution in [2.75, 3.05) is 14.2 Å². The molecule has 5 nitrogen and oxygen atoms in total. The van der Waals surface area contributed by atoms with Gasteiger partial charge in [0.2, 0.25) is 5.88 Å². The zero-order chi connectivity index (χ0) is 15.2. The predicted octanol–water partition coefficient (Wildman–Crippen LogP) is 2.69. The Labute approximate surface area is 123 Å². The lowest BCUT2D eigenvalue weighted by Crippen LogP contribution is -2.06. The summed E-state index contributed by atoms with van der Waals surface area (Å²) in [6.45, 7) is 2.52. The van der Waals surface area contributed by atoms with E-state index in [-0.39, 0.29) is 0 Å². The molecule has 0 aliphatic carbocycles. The number of benzene rings is 1. The third-order valence-corrected chi connectivity index (χ3v) is 2.97. The van der Waals surface area contributed by atoms with Crippen LogP contribution in [0.3, 0.4) is 0 Å². The SMILES string of the molecule is CNCc1cccc(Oc2ccc(C(=O)OC)c(C)n2)c1. The van der Waals surface area contributed by atoms with Crippen LogP contribution in [0.1, 0.15) is 21.6 Å². The Bertz CT molecular complexity index is 641. The fourth-order valence-electron chi connectivity index (χ4n) is 1.96. The summed E-state index contributed by atoms with van der Waals surface area (Å²) in [5, 5.41) is 3.09. The van der Waals surface area contributed by atoms with Gasteiger partial charge in [-0.3, -0.25) is 0 Å². The number of aromatic nitrogens is 1. The van der Waals surface area contributed by atoms with Crippen LogP contribution in [-0.4, -0.2) is 25.1 Å². The molecule has 2 aromatic rings. The molecular weight excluding hydrogens is 268 g/mol. The van der Waals surface area contributed by atoms with Crippen molar-refractivity contribution in [2.45, 2.75) is 13.5 Å². The molecule has 110 valence electrons. The van der Waals surface area contributed by atoms with Crippen molar-refractivity contribution in [3.63, 3.8) is 0 Å². The average molecular weight is 286 g/mol. The van der Waals surface area contributed by atoms with Crippen molar-refractivity contribution in [3.8, 4) is 11.6 Å². The van der Waals surface area contributed by atoms with Gasteiger partial charge in [-0.1, -0.05) is 12.1 Å². The summed E-state index contributed by atoms with van der Waals surface area (Å²) in [6.07, 6.45) is 0. The second-order valence-corrected chi connectivity index (χ2v) is 4.55. The number of methoxy groups -OCH3 is 1. The molecular formula is C16H18N2O3. The van der Waals surface area contributed by atoms with Crippen LogP contribution in [0.25, 0.3) is 0 Å². The van der Waals surface area contributed by atoms with Crippen LogP contribution in [0.5, 0.6) is 11.6 Å². The molecule has 0 saturated heterocycles. The van der Waals surface area contributed by atoms with Gasteiger partial charge in [0.15, 0.2) is 0 Å². The van der Waals surface area contributed by atoms with Crippen LogP contribution in [-0.2, 0) is 11.3 Å². The Morgan fingerprint density at radius 1 is 1.29 bits per heavy atom. The maximum Gasteiger partial charge on any atom is 0.339 e. The number of nitrogens with zero attached hydrogens (tertiary/aromatic N) is 1. The third kappa shape index (κ3) is 3.79. The quantitative estimate of drug-likeness (QED) is 0.856. The predicted molar refractivity (Wildman–Crippen MR) is 79.6 cm³/mol. The highest BCUT2D eigenvalue weighted by molar-refractivity contribution is 5.90. The Hall–Kier alpha value is -2.40. The molecule has 0 aliphatic heterocycles. The van der Waals surface area contributed by atoms with E-state index in [2.05, 4.69) is 10.3 Å². The largest absolute Gasteiger partial charge is 0.465 e. The Morgan fingerprint density at radius 3 is 2.76 bits per heavy atom. The van der Waals surface area contributed by atoms with Gasteiger partial charge in [-0.05, 0) is 37.7 Å². The zero-order valence-corrected chi connectivity index (χ0v) is 12.3. The van der Waals surface area contributed by atoms with Gasteiger partial charge < -0.3 is 14.8 Å². The number of carbonyl (C=O) groups is 1. The number of hydrogen-bond acceptors (Lipinski definition) is 5. The molecule has 1 heterocycles. The molecule has 0 amide bonds. The lowest BCUT2D eigenvalue weighted by molar-refractivity contribution is 0.0599. The van der Waals surface area contributed by atoms with Gasteiger partial charge in [-0.15, -0.1) is 0 Å². The molecule has 1 aromatic carbocycles. The van der Waals surface area contributed by atoms with Crippen molar-refractivity contribution in [1.29, 1.82) is 0 Å². The van der Waals surface area contributed by atoms with E-state index >= 15 is 0 Å². The molecule has 1 aromatic heterocycles. The van der Waals surface area contributed by atoms with Crippen LogP contribution in [0.2, 0.25) is 0 Å². The lowest BCUT2D eigenvalue weighted by atomic mass is 10.2. The van der Waals surface area contributed by atoms with E-state index in [9.17, 15) is 4.79 Å². The minimum atomic E-state index is -0.400. The summed E-state index contributed by atoms with van der Waals surface area (Å²) in [4.78, 5) is 15.8. The van der Waals surface area contributed by atoms with E-state index in [0.717, 1.165) is 12.1 Å². The van der Waals surface area contributed by atoms with Gasteiger partial charge in [0.25, 0.3) is 0 Å². The first kappa shape index (κ1) is 15.0. The Balaban J connectivity index is 2.18. The van der Waals surface area contributed by atoms with Crippen LogP contribution in [0, 0.1) is 6.92 Å². The number of hydrogen-bond donors (Lipinski definition) is 1. The second-order valence-electron chi connectivity index (χ2n) is 4.55. The molecule has 0 saturated carbocycles. The summed E-state index contributed by atoms with van der Waals surface area (Å²) in [6, 6.07) is 11.1. The summed E-state index contributed by atoms with van der Waals surface area (Å²) >= 11 is 0. The molecule has 5 heteroatoms. The smallest absolute Gasteiger partial charge is 0.339 e. The normalized spacial score (nSPS) is 10.2. The molecule has 0 unspecified atom stereocenters. The molecule has 0 aliphatic rings. The standard InChI is InChI=1S/C16H18N2O3/c1-11-14(16(19)20-3)7-8-15(18-11)21-13-6-4-5-12(9-13)10-17-2/h4-9,17H,10H2,1-3H3. The number of rotatable bonds is 5. The number of aryl methyl sites for hydroxylation is 1. The fourth-order valence-corrected chi connectivity index (χ4v) is 1.96. The van der Waals surface area contributed by atoms with Gasteiger partial charge in [0.1, 0.15) is 5.75 Å². The molecule has 2 rings (SSSR count). The lowest BCUT2D eigenvalue weighted by Gasteiger charge is -2.09. The Kier molecular flexibility index (Phi) is 4.90. The van der Waals surface area contributed by atoms with Crippen LogP contribution < -0.4 is 10.1 Å². The first-order chi connectivity index (χ1) is 10.1. The van der Waals surface area contributed by atoms with Gasteiger partial charge in [0.05, 0.1) is 18.4 Å². The highest BCUT2D eigenvalue weighted by Gasteiger charge is 2.11. The minimum Gasteiger partial charge on any atom is -0.465 e. The van der Waals surface area contributed by atoms with Gasteiger partial charge in [0, 0.05) is 12.6 Å². The maximum atomic E-state index is 11.5. The van der Waals surface area contributed by atoms with Gasteiger partial charge in [-0.25, -0.2) is 9.78 Å². The van der Waals surface area contributed by atoms with Crippen molar-refractivity contribution in [1.82, 2.24) is 10.3 Å². The molecule has 0 spiro atoms. The molecule has 0 bridgehead atoms. The van der Waals surface area contributed by atoms with Gasteiger partial charge in [-0.2, -0.15) is 0 Å². The molecule has 0 fully saturated rings. The van der Waals surface area contributed by atoms with Gasteiger partial charge >= 0.3 is 5.97 Å². The number of ether oxygens (including phenoxy) is 2. The monoisotopic (exact) mass is 286 g/mol. The number of carbonyl (C=O) groups excluding carboxylic acids is 1.